The molecule has 0 aromatic rings. The third kappa shape index (κ3) is 5.35. The summed E-state index contributed by atoms with van der Waals surface area (Å²) < 4.78 is 5.40. The minimum Gasteiger partial charge on any atom is -0.381 e. The van der Waals surface area contributed by atoms with E-state index in [2.05, 4.69) is 31.7 Å². The molecule has 1 aliphatic rings. The molecule has 0 amide bonds. The highest BCUT2D eigenvalue weighted by molar-refractivity contribution is 7.80. The van der Waals surface area contributed by atoms with E-state index in [4.69, 9.17) is 29.2 Å². The molecule has 20 heavy (non-hydrogen) atoms. The normalized spacial score (nSPS) is 19.4. The van der Waals surface area contributed by atoms with Gasteiger partial charge in [-0.15, -0.1) is 0 Å². The number of hydrogen-bond acceptors (Lipinski definition) is 5. The van der Waals surface area contributed by atoms with Crippen LogP contribution in [0.4, 0.5) is 0 Å². The van der Waals surface area contributed by atoms with Gasteiger partial charge in [-0.05, 0) is 37.8 Å². The molecule has 0 aromatic carbocycles. The van der Waals surface area contributed by atoms with Crippen LogP contribution in [-0.2, 0) is 4.74 Å². The van der Waals surface area contributed by atoms with Crippen molar-refractivity contribution in [2.75, 3.05) is 27.3 Å². The Morgan fingerprint density at radius 1 is 1.10 bits per heavy atom. The Bertz CT molecular complexity index is 417. The quantitative estimate of drug-likeness (QED) is 0.329. The summed E-state index contributed by atoms with van der Waals surface area (Å²) in [5.74, 6) is 0.205. The second kappa shape index (κ2) is 8.77. The zero-order valence-corrected chi connectivity index (χ0v) is 13.5. The Kier molecular flexibility index (Phi) is 7.34. The predicted octanol–water partition coefficient (Wildman–Crippen LogP) is -0.0574. The molecule has 1 saturated heterocycles. The van der Waals surface area contributed by atoms with Crippen molar-refractivity contribution in [3.63, 3.8) is 0 Å². The van der Waals surface area contributed by atoms with E-state index in [1.165, 1.54) is 0 Å². The lowest BCUT2D eigenvalue weighted by atomic mass is 9.99. The third-order valence-electron chi connectivity index (χ3n) is 2.74. The average Bonchev–Trinajstić information content (AvgIpc) is 2.98. The van der Waals surface area contributed by atoms with E-state index in [0.717, 1.165) is 24.5 Å². The first-order chi connectivity index (χ1) is 9.58. The Hall–Kier alpha value is -1.32. The summed E-state index contributed by atoms with van der Waals surface area (Å²) in [6.45, 7) is 3.23. The Labute approximate surface area is 129 Å². The van der Waals surface area contributed by atoms with Crippen LogP contribution in [0.1, 0.15) is 13.3 Å². The molecule has 4 N–H and O–H groups in total. The highest BCUT2D eigenvalue weighted by atomic mass is 32.1. The van der Waals surface area contributed by atoms with Crippen molar-refractivity contribution in [1.82, 2.24) is 21.5 Å². The zero-order chi connectivity index (χ0) is 15.0. The average molecular weight is 316 g/mol. The van der Waals surface area contributed by atoms with Gasteiger partial charge < -0.3 is 15.4 Å². The van der Waals surface area contributed by atoms with E-state index in [9.17, 15) is 0 Å². The van der Waals surface area contributed by atoms with Crippen LogP contribution in [0, 0.1) is 5.92 Å². The van der Waals surface area contributed by atoms with Gasteiger partial charge in [0.15, 0.2) is 10.2 Å². The molecule has 0 bridgehead atoms. The molecule has 1 unspecified atom stereocenters. The fourth-order valence-corrected chi connectivity index (χ4v) is 1.72. The summed E-state index contributed by atoms with van der Waals surface area (Å²) >= 11 is 9.99. The van der Waals surface area contributed by atoms with E-state index in [1.807, 2.05) is 6.92 Å². The first-order valence-electron chi connectivity index (χ1n) is 6.24. The number of hydrogen-bond donors (Lipinski definition) is 4. The molecular formula is C11H20N6OS2. The summed E-state index contributed by atoms with van der Waals surface area (Å²) in [6.07, 6.45) is 0.913. The smallest absolute Gasteiger partial charge is 0.186 e. The monoisotopic (exact) mass is 316 g/mol. The van der Waals surface area contributed by atoms with Gasteiger partial charge in [0.25, 0.3) is 0 Å². The van der Waals surface area contributed by atoms with Gasteiger partial charge in [-0.2, -0.15) is 10.2 Å². The Balaban J connectivity index is 2.80. The van der Waals surface area contributed by atoms with Crippen molar-refractivity contribution in [2.45, 2.75) is 13.3 Å². The maximum Gasteiger partial charge on any atom is 0.186 e. The number of nitrogens with one attached hydrogen (secondary N) is 4. The summed E-state index contributed by atoms with van der Waals surface area (Å²) in [4.78, 5) is 0. The summed E-state index contributed by atoms with van der Waals surface area (Å²) in [5.41, 5.74) is 7.09. The number of nitrogens with zero attached hydrogens (tertiary/aromatic N) is 2. The van der Waals surface area contributed by atoms with Gasteiger partial charge in [0.05, 0.1) is 18.0 Å². The molecule has 7 nitrogen and oxygen atoms in total. The summed E-state index contributed by atoms with van der Waals surface area (Å²) in [5, 5.41) is 15.0. The maximum absolute atomic E-state index is 5.40. The lowest BCUT2D eigenvalue weighted by Gasteiger charge is -2.13. The molecule has 1 heterocycles. The van der Waals surface area contributed by atoms with E-state index in [0.29, 0.717) is 16.8 Å². The molecule has 1 fully saturated rings. The minimum atomic E-state index is 0.205. The van der Waals surface area contributed by atoms with Crippen molar-refractivity contribution in [1.29, 1.82) is 0 Å². The first kappa shape index (κ1) is 16.7. The third-order valence-corrected chi connectivity index (χ3v) is 3.34. The minimum absolute atomic E-state index is 0.205. The second-order valence-corrected chi connectivity index (χ2v) is 4.95. The van der Waals surface area contributed by atoms with Crippen molar-refractivity contribution in [2.24, 2.45) is 16.1 Å². The number of ether oxygens (including phenoxy) is 1. The molecule has 1 aliphatic heterocycles. The Morgan fingerprint density at radius 3 is 2.20 bits per heavy atom. The molecule has 112 valence electrons. The van der Waals surface area contributed by atoms with Crippen LogP contribution in [0.5, 0.6) is 0 Å². The lowest BCUT2D eigenvalue weighted by molar-refractivity contribution is 0.193. The molecule has 1 atom stereocenters. The van der Waals surface area contributed by atoms with Crippen LogP contribution in [0.15, 0.2) is 10.2 Å². The molecular weight excluding hydrogens is 296 g/mol. The van der Waals surface area contributed by atoms with Gasteiger partial charge in [-0.1, -0.05) is 0 Å². The fraction of sp³-hybridized carbons (Fsp3) is 0.636. The number of thiocarbonyl (C=S) groups is 2. The SMILES string of the molecule is CNC(=S)N/N=C(C)/C(=N/NC(=S)NC)C1CCOC1. The molecule has 0 spiro atoms. The highest BCUT2D eigenvalue weighted by Gasteiger charge is 2.24. The van der Waals surface area contributed by atoms with E-state index < -0.39 is 0 Å². The van der Waals surface area contributed by atoms with Gasteiger partial charge in [-0.3, -0.25) is 10.9 Å². The van der Waals surface area contributed by atoms with E-state index in [-0.39, 0.29) is 5.92 Å². The highest BCUT2D eigenvalue weighted by Crippen LogP contribution is 2.15. The molecule has 0 aromatic heterocycles. The second-order valence-electron chi connectivity index (χ2n) is 4.14. The van der Waals surface area contributed by atoms with Gasteiger partial charge in [0, 0.05) is 26.6 Å². The van der Waals surface area contributed by atoms with Crippen molar-refractivity contribution in [3.05, 3.63) is 0 Å². The number of hydrazone groups is 2. The zero-order valence-electron chi connectivity index (χ0n) is 11.8. The molecule has 9 heteroatoms. The van der Waals surface area contributed by atoms with Crippen LogP contribution in [-0.4, -0.2) is 49.0 Å². The van der Waals surface area contributed by atoms with Gasteiger partial charge in [0.2, 0.25) is 0 Å². The van der Waals surface area contributed by atoms with Gasteiger partial charge in [0.1, 0.15) is 0 Å². The van der Waals surface area contributed by atoms with E-state index >= 15 is 0 Å². The lowest BCUT2D eigenvalue weighted by Crippen LogP contribution is -2.34. The molecule has 0 radical (unpaired) electrons. The van der Waals surface area contributed by atoms with Crippen molar-refractivity contribution in [3.8, 4) is 0 Å². The largest absolute Gasteiger partial charge is 0.381 e. The molecule has 1 rings (SSSR count). The Morgan fingerprint density at radius 2 is 1.70 bits per heavy atom. The standard InChI is InChI=1S/C11H20N6OS2/c1-7(14-16-10(19)12-2)9(8-4-5-18-6-8)15-17-11(20)13-3/h8H,4-6H2,1-3H3,(H2,12,16,19)(H2,13,17,20)/b14-7+,15-9-. The maximum atomic E-state index is 5.40. The fourth-order valence-electron chi connectivity index (χ4n) is 1.63. The molecule has 0 aliphatic carbocycles. The van der Waals surface area contributed by atoms with Crippen molar-refractivity contribution >= 4 is 46.1 Å². The topological polar surface area (TPSA) is 82.1 Å². The van der Waals surface area contributed by atoms with Crippen LogP contribution in [0.2, 0.25) is 0 Å². The van der Waals surface area contributed by atoms with Gasteiger partial charge >= 0.3 is 0 Å². The van der Waals surface area contributed by atoms with Crippen LogP contribution in [0.25, 0.3) is 0 Å². The van der Waals surface area contributed by atoms with Crippen LogP contribution >= 0.6 is 24.4 Å². The van der Waals surface area contributed by atoms with Crippen LogP contribution in [0.3, 0.4) is 0 Å². The van der Waals surface area contributed by atoms with Gasteiger partial charge in [-0.25, -0.2) is 0 Å². The van der Waals surface area contributed by atoms with E-state index in [1.54, 1.807) is 14.1 Å². The van der Waals surface area contributed by atoms with Crippen molar-refractivity contribution < 1.29 is 4.74 Å². The predicted molar refractivity (Wildman–Crippen MR) is 89.1 cm³/mol. The summed E-state index contributed by atoms with van der Waals surface area (Å²) in [7, 11) is 3.46. The van der Waals surface area contributed by atoms with Crippen LogP contribution < -0.4 is 21.5 Å². The summed E-state index contributed by atoms with van der Waals surface area (Å²) in [6, 6.07) is 0. The molecule has 0 saturated carbocycles. The first-order valence-corrected chi connectivity index (χ1v) is 7.05. The number of rotatable bonds is 4.